The number of fused-ring (bicyclic) bond motifs is 4. The summed E-state index contributed by atoms with van der Waals surface area (Å²) in [5, 5.41) is 11.0. The second kappa shape index (κ2) is 9.17. The molecule has 11 nitrogen and oxygen atoms in total. The lowest BCUT2D eigenvalue weighted by molar-refractivity contribution is -0.225. The van der Waals surface area contributed by atoms with Gasteiger partial charge in [-0.15, -0.1) is 11.6 Å². The van der Waals surface area contributed by atoms with Crippen LogP contribution in [-0.2, 0) is 47.7 Å². The smallest absolute Gasteiger partial charge is 0.312 e. The van der Waals surface area contributed by atoms with Crippen molar-refractivity contribution in [1.82, 2.24) is 0 Å². The Bertz CT molecular complexity index is 1150. The Morgan fingerprint density at radius 1 is 1.05 bits per heavy atom. The molecule has 7 unspecified atom stereocenters. The van der Waals surface area contributed by atoms with Crippen LogP contribution in [0.25, 0.3) is 0 Å². The fourth-order valence-electron chi connectivity index (χ4n) is 6.38. The average Bonchev–Trinajstić information content (AvgIpc) is 3.57. The molecule has 1 saturated carbocycles. The van der Waals surface area contributed by atoms with E-state index in [1.807, 2.05) is 0 Å². The summed E-state index contributed by atoms with van der Waals surface area (Å²) in [7, 11) is 0. The lowest BCUT2D eigenvalue weighted by Crippen LogP contribution is -2.70. The fraction of sp³-hybridized carbons (Fsp3) is 0.654. The van der Waals surface area contributed by atoms with Crippen molar-refractivity contribution in [2.45, 2.75) is 88.6 Å². The molecule has 0 aromatic heterocycles. The van der Waals surface area contributed by atoms with Crippen LogP contribution in [0, 0.1) is 17.3 Å². The molecule has 4 aliphatic rings. The van der Waals surface area contributed by atoms with E-state index in [0.29, 0.717) is 0 Å². The van der Waals surface area contributed by atoms with Crippen molar-refractivity contribution >= 4 is 41.3 Å². The van der Waals surface area contributed by atoms with Crippen LogP contribution in [0.1, 0.15) is 41.5 Å². The summed E-state index contributed by atoms with van der Waals surface area (Å²) in [5.74, 6) is -6.38. The molecule has 0 aromatic carbocycles. The second-order valence-electron chi connectivity index (χ2n) is 10.8. The van der Waals surface area contributed by atoms with Crippen molar-refractivity contribution in [2.75, 3.05) is 0 Å². The maximum atomic E-state index is 13.4. The number of ketones is 1. The van der Waals surface area contributed by atoms with Gasteiger partial charge in [-0.25, -0.2) is 0 Å². The molecule has 0 amide bonds. The first-order valence-electron chi connectivity index (χ1n) is 12.2. The van der Waals surface area contributed by atoms with Gasteiger partial charge in [-0.3, -0.25) is 24.0 Å². The summed E-state index contributed by atoms with van der Waals surface area (Å²) in [4.78, 5) is 63.0. The van der Waals surface area contributed by atoms with Gasteiger partial charge in [0.25, 0.3) is 0 Å². The van der Waals surface area contributed by atoms with E-state index in [4.69, 9.17) is 35.3 Å². The van der Waals surface area contributed by atoms with E-state index in [-0.39, 0.29) is 5.57 Å². The Hall–Kier alpha value is -2.76. The van der Waals surface area contributed by atoms with Gasteiger partial charge >= 0.3 is 23.9 Å². The van der Waals surface area contributed by atoms with Crippen molar-refractivity contribution in [2.24, 2.45) is 17.3 Å². The Morgan fingerprint density at radius 2 is 1.66 bits per heavy atom. The van der Waals surface area contributed by atoms with Crippen molar-refractivity contribution < 1.29 is 52.8 Å². The van der Waals surface area contributed by atoms with E-state index in [0.717, 1.165) is 13.8 Å². The summed E-state index contributed by atoms with van der Waals surface area (Å²) in [6, 6.07) is 0. The third kappa shape index (κ3) is 4.06. The van der Waals surface area contributed by atoms with Crippen molar-refractivity contribution in [3.63, 3.8) is 0 Å². The number of epoxide rings is 1. The Kier molecular flexibility index (Phi) is 6.82. The number of hydrogen-bond donors (Lipinski definition) is 1. The van der Waals surface area contributed by atoms with E-state index in [1.165, 1.54) is 32.9 Å². The number of hydrogen-bond acceptors (Lipinski definition) is 11. The van der Waals surface area contributed by atoms with E-state index in [2.05, 4.69) is 6.58 Å². The monoisotopic (exact) mass is 554 g/mol. The minimum Gasteiger partial charge on any atom is -0.459 e. The number of alkyl halides is 1. The largest absolute Gasteiger partial charge is 0.459 e. The first kappa shape index (κ1) is 28.3. The molecule has 4 rings (SSSR count). The number of carbonyl (C=O) groups excluding carboxylic acids is 5. The average molecular weight is 555 g/mol. The molecule has 38 heavy (non-hydrogen) atoms. The molecule has 0 aromatic rings. The maximum absolute atomic E-state index is 13.4. The molecular formula is C26H31ClO11. The van der Waals surface area contributed by atoms with Crippen LogP contribution in [0.5, 0.6) is 0 Å². The van der Waals surface area contributed by atoms with Crippen molar-refractivity contribution in [1.29, 1.82) is 0 Å². The fourth-order valence-corrected chi connectivity index (χ4v) is 6.75. The molecule has 2 aliphatic heterocycles. The second-order valence-corrected chi connectivity index (χ2v) is 11.2. The zero-order chi connectivity index (χ0) is 28.5. The molecule has 0 radical (unpaired) electrons. The van der Waals surface area contributed by atoms with Crippen LogP contribution in [0.4, 0.5) is 0 Å². The van der Waals surface area contributed by atoms with Gasteiger partial charge < -0.3 is 28.8 Å². The van der Waals surface area contributed by atoms with Crippen molar-refractivity contribution in [3.05, 3.63) is 24.3 Å². The van der Waals surface area contributed by atoms with Gasteiger partial charge in [-0.2, -0.15) is 0 Å². The summed E-state index contributed by atoms with van der Waals surface area (Å²) in [6.07, 6.45) is -3.15. The Labute approximate surface area is 224 Å². The number of aliphatic hydroxyl groups is 1. The first-order valence-corrected chi connectivity index (χ1v) is 12.6. The topological polar surface area (TPSA) is 155 Å². The molecule has 1 N–H and O–H groups in total. The number of carbonyl (C=O) groups is 5. The number of halogens is 1. The van der Waals surface area contributed by atoms with Crippen LogP contribution in [0.3, 0.4) is 0 Å². The standard InChI is InChI=1S/C26H31ClO11/c1-10-16(27)20-26(33,11(2)23(32)37-20)22(35-13(4)29)19-24(6,21-18(36-21)17(10)34-12(3)28)9-8-15(31)25(19,7)38-14(5)30/h8-9,11,16-22,33H,1H2,2-7H3/t11?,16?,17?,18-,19?,20?,21?,22+,24+,25-,26?/m1/s1. The minimum atomic E-state index is -2.33. The zero-order valence-electron chi connectivity index (χ0n) is 21.9. The third-order valence-electron chi connectivity index (χ3n) is 8.22. The SMILES string of the molecule is C=C1C(Cl)C2OC(=O)C(C)C2(O)[C@@H](OC(C)=O)C2[C@](C)(C=CC(=O)[C@@]2(C)OC(C)=O)C2O[C@@H]2C1OC(C)=O. The van der Waals surface area contributed by atoms with E-state index >= 15 is 0 Å². The van der Waals surface area contributed by atoms with Crippen LogP contribution in [-0.4, -0.2) is 81.9 Å². The number of ether oxygens (including phenoxy) is 5. The molecule has 12 heteroatoms. The highest BCUT2D eigenvalue weighted by atomic mass is 35.5. The Balaban J connectivity index is 2.04. The molecule has 208 valence electrons. The number of esters is 4. The highest BCUT2D eigenvalue weighted by Gasteiger charge is 2.75. The van der Waals surface area contributed by atoms with Gasteiger partial charge in [0.15, 0.2) is 29.2 Å². The quantitative estimate of drug-likeness (QED) is 0.176. The van der Waals surface area contributed by atoms with Crippen molar-refractivity contribution in [3.8, 4) is 0 Å². The zero-order valence-corrected chi connectivity index (χ0v) is 22.6. The normalized spacial score (nSPS) is 45.6. The molecule has 2 saturated heterocycles. The van der Waals surface area contributed by atoms with Crippen LogP contribution < -0.4 is 0 Å². The molecule has 3 fully saturated rings. The van der Waals surface area contributed by atoms with E-state index < -0.39 is 94.0 Å². The lowest BCUT2D eigenvalue weighted by Gasteiger charge is -2.53. The molecule has 0 bridgehead atoms. The third-order valence-corrected chi connectivity index (χ3v) is 8.72. The maximum Gasteiger partial charge on any atom is 0.312 e. The highest BCUT2D eigenvalue weighted by Crippen LogP contribution is 2.59. The molecule has 2 aliphatic carbocycles. The van der Waals surface area contributed by atoms with Gasteiger partial charge in [0, 0.05) is 26.2 Å². The predicted molar refractivity (Wildman–Crippen MR) is 128 cm³/mol. The van der Waals surface area contributed by atoms with Gasteiger partial charge in [0.2, 0.25) is 0 Å². The van der Waals surface area contributed by atoms with Gasteiger partial charge in [-0.05, 0) is 25.5 Å². The summed E-state index contributed by atoms with van der Waals surface area (Å²) >= 11 is 6.76. The number of rotatable bonds is 3. The first-order chi connectivity index (χ1) is 17.5. The van der Waals surface area contributed by atoms with Crippen LogP contribution >= 0.6 is 11.6 Å². The Morgan fingerprint density at radius 3 is 2.21 bits per heavy atom. The lowest BCUT2D eigenvalue weighted by atomic mass is 9.55. The highest BCUT2D eigenvalue weighted by molar-refractivity contribution is 6.23. The van der Waals surface area contributed by atoms with E-state index in [9.17, 15) is 29.1 Å². The van der Waals surface area contributed by atoms with Gasteiger partial charge in [-0.1, -0.05) is 19.6 Å². The van der Waals surface area contributed by atoms with Crippen LogP contribution in [0.2, 0.25) is 0 Å². The summed E-state index contributed by atoms with van der Waals surface area (Å²) in [5.41, 5.74) is -5.49. The molecular weight excluding hydrogens is 524 g/mol. The summed E-state index contributed by atoms with van der Waals surface area (Å²) < 4.78 is 28.4. The molecule has 11 atom stereocenters. The van der Waals surface area contributed by atoms with Gasteiger partial charge in [0.1, 0.15) is 12.2 Å². The molecule has 2 heterocycles. The van der Waals surface area contributed by atoms with E-state index in [1.54, 1.807) is 6.92 Å². The predicted octanol–water partition coefficient (Wildman–Crippen LogP) is 1.17. The van der Waals surface area contributed by atoms with Gasteiger partial charge in [0.05, 0.1) is 23.3 Å². The minimum absolute atomic E-state index is 0.0990. The summed E-state index contributed by atoms with van der Waals surface area (Å²) in [6.45, 7) is 11.8. The van der Waals surface area contributed by atoms with Crippen LogP contribution in [0.15, 0.2) is 24.3 Å². The molecule has 0 spiro atoms.